The van der Waals surface area contributed by atoms with Crippen LogP contribution in [0.25, 0.3) is 0 Å². The fraction of sp³-hybridized carbons (Fsp3) is 0.611. The average Bonchev–Trinajstić information content (AvgIpc) is 2.66. The van der Waals surface area contributed by atoms with Gasteiger partial charge in [-0.15, -0.1) is 24.8 Å². The summed E-state index contributed by atoms with van der Waals surface area (Å²) < 4.78 is 5.18. The van der Waals surface area contributed by atoms with Gasteiger partial charge in [-0.05, 0) is 24.3 Å². The number of halogens is 2. The molecule has 0 aromatic heterocycles. The number of nitrogens with zero attached hydrogens (tertiary/aromatic N) is 3. The van der Waals surface area contributed by atoms with E-state index in [1.54, 1.807) is 0 Å². The maximum atomic E-state index is 10.5. The fourth-order valence-electron chi connectivity index (χ4n) is 3.35. The summed E-state index contributed by atoms with van der Waals surface area (Å²) in [7, 11) is 0. The zero-order valence-electron chi connectivity index (χ0n) is 15.5. The second-order valence-electron chi connectivity index (χ2n) is 6.60. The van der Waals surface area contributed by atoms with Crippen LogP contribution in [0.2, 0.25) is 0 Å². The third-order valence-corrected chi connectivity index (χ3v) is 4.88. The molecule has 2 saturated heterocycles. The van der Waals surface area contributed by atoms with Crippen LogP contribution in [-0.4, -0.2) is 92.9 Å². The van der Waals surface area contributed by atoms with Crippen molar-refractivity contribution in [2.75, 3.05) is 77.0 Å². The number of anilines is 1. The second kappa shape index (κ2) is 12.3. The van der Waals surface area contributed by atoms with Gasteiger partial charge in [-0.3, -0.25) is 9.80 Å². The standard InChI is InChI=1S/C18H28N4O3.2ClH/c23-18(24)15-25-17-3-1-16(2-4-17)22-13-11-21(12-14-22)10-9-20-7-5-19-6-8-20;;/h1-4,19H,5-15H2,(H,23,24);2*1H. The van der Waals surface area contributed by atoms with E-state index < -0.39 is 5.97 Å². The molecule has 2 N–H and O–H groups in total. The minimum atomic E-state index is -0.957. The monoisotopic (exact) mass is 420 g/mol. The first kappa shape index (κ1) is 23.8. The zero-order valence-corrected chi connectivity index (χ0v) is 17.1. The van der Waals surface area contributed by atoms with E-state index in [1.165, 1.54) is 5.69 Å². The number of nitrogens with one attached hydrogen (secondary N) is 1. The Hall–Kier alpha value is -1.25. The number of rotatable bonds is 7. The molecule has 27 heavy (non-hydrogen) atoms. The number of aliphatic carboxylic acids is 1. The highest BCUT2D eigenvalue weighted by atomic mass is 35.5. The predicted molar refractivity (Wildman–Crippen MR) is 112 cm³/mol. The van der Waals surface area contributed by atoms with E-state index in [1.807, 2.05) is 24.3 Å². The van der Waals surface area contributed by atoms with Gasteiger partial charge in [-0.25, -0.2) is 4.79 Å². The highest BCUT2D eigenvalue weighted by molar-refractivity contribution is 5.85. The summed E-state index contributed by atoms with van der Waals surface area (Å²) in [5.41, 5.74) is 1.17. The van der Waals surface area contributed by atoms with Crippen molar-refractivity contribution in [2.24, 2.45) is 0 Å². The van der Waals surface area contributed by atoms with E-state index in [4.69, 9.17) is 9.84 Å². The maximum absolute atomic E-state index is 10.5. The molecule has 1 aromatic rings. The molecule has 2 fully saturated rings. The van der Waals surface area contributed by atoms with Gasteiger partial charge in [0.1, 0.15) is 5.75 Å². The number of benzene rings is 1. The van der Waals surface area contributed by atoms with Gasteiger partial charge >= 0.3 is 5.97 Å². The first-order valence-electron chi connectivity index (χ1n) is 9.06. The fourth-order valence-corrected chi connectivity index (χ4v) is 3.35. The van der Waals surface area contributed by atoms with Crippen LogP contribution >= 0.6 is 24.8 Å². The molecule has 9 heteroatoms. The Morgan fingerprint density at radius 3 is 2.04 bits per heavy atom. The SMILES string of the molecule is Cl.Cl.O=C(O)COc1ccc(N2CCN(CCN3CCNCC3)CC2)cc1. The largest absolute Gasteiger partial charge is 0.482 e. The van der Waals surface area contributed by atoms with Crippen molar-refractivity contribution in [3.05, 3.63) is 24.3 Å². The normalized spacial score (nSPS) is 18.3. The summed E-state index contributed by atoms with van der Waals surface area (Å²) in [4.78, 5) is 18.0. The highest BCUT2D eigenvalue weighted by Crippen LogP contribution is 2.20. The van der Waals surface area contributed by atoms with Gasteiger partial charge in [0, 0.05) is 71.1 Å². The van der Waals surface area contributed by atoms with Gasteiger partial charge in [-0.2, -0.15) is 0 Å². The molecule has 0 unspecified atom stereocenters. The summed E-state index contributed by atoms with van der Waals surface area (Å²) in [6.07, 6.45) is 0. The smallest absolute Gasteiger partial charge is 0.341 e. The van der Waals surface area contributed by atoms with Gasteiger partial charge in [0.05, 0.1) is 0 Å². The van der Waals surface area contributed by atoms with Crippen LogP contribution in [0.5, 0.6) is 5.75 Å². The van der Waals surface area contributed by atoms with E-state index in [9.17, 15) is 4.79 Å². The topological polar surface area (TPSA) is 68.3 Å². The number of hydrogen-bond donors (Lipinski definition) is 2. The number of carbonyl (C=O) groups is 1. The van der Waals surface area contributed by atoms with Crippen LogP contribution in [0.3, 0.4) is 0 Å². The Labute approximate surface area is 173 Å². The lowest BCUT2D eigenvalue weighted by molar-refractivity contribution is -0.139. The number of carboxylic acids is 1. The number of ether oxygens (including phenoxy) is 1. The van der Waals surface area contributed by atoms with Gasteiger partial charge in [0.2, 0.25) is 0 Å². The minimum Gasteiger partial charge on any atom is -0.482 e. The summed E-state index contributed by atoms with van der Waals surface area (Å²) >= 11 is 0. The van der Waals surface area contributed by atoms with Crippen molar-refractivity contribution in [2.45, 2.75) is 0 Å². The highest BCUT2D eigenvalue weighted by Gasteiger charge is 2.18. The maximum Gasteiger partial charge on any atom is 0.341 e. The molecule has 2 heterocycles. The Morgan fingerprint density at radius 2 is 1.48 bits per heavy atom. The number of hydrogen-bond acceptors (Lipinski definition) is 6. The molecule has 0 saturated carbocycles. The van der Waals surface area contributed by atoms with Crippen molar-refractivity contribution in [3.8, 4) is 5.75 Å². The Morgan fingerprint density at radius 1 is 0.926 bits per heavy atom. The Balaban J connectivity index is 0.00000182. The molecule has 1 aromatic carbocycles. The van der Waals surface area contributed by atoms with Gasteiger partial charge in [0.15, 0.2) is 6.61 Å². The van der Waals surface area contributed by atoms with Crippen molar-refractivity contribution >= 4 is 36.5 Å². The summed E-state index contributed by atoms with van der Waals surface area (Å²) in [5.74, 6) is -0.359. The molecule has 0 spiro atoms. The molecule has 3 rings (SSSR count). The van der Waals surface area contributed by atoms with Gasteiger partial charge < -0.3 is 20.1 Å². The molecule has 0 atom stereocenters. The first-order valence-corrected chi connectivity index (χ1v) is 9.06. The zero-order chi connectivity index (χ0) is 17.5. The average molecular weight is 421 g/mol. The number of carboxylic acid groups (broad SMARTS) is 1. The molecule has 0 amide bonds. The molecular formula is C18H30Cl2N4O3. The third-order valence-electron chi connectivity index (χ3n) is 4.88. The Bertz CT molecular complexity index is 548. The van der Waals surface area contributed by atoms with Gasteiger partial charge in [0.25, 0.3) is 0 Å². The lowest BCUT2D eigenvalue weighted by Gasteiger charge is -2.37. The van der Waals surface area contributed by atoms with Crippen LogP contribution in [0, 0.1) is 0 Å². The van der Waals surface area contributed by atoms with Crippen LogP contribution in [0.4, 0.5) is 5.69 Å². The summed E-state index contributed by atoms with van der Waals surface area (Å²) in [6.45, 7) is 10.8. The number of piperazine rings is 2. The van der Waals surface area contributed by atoms with Crippen molar-refractivity contribution < 1.29 is 14.6 Å². The molecule has 0 aliphatic carbocycles. The van der Waals surface area contributed by atoms with Crippen LogP contribution in [0.15, 0.2) is 24.3 Å². The molecule has 0 bridgehead atoms. The molecule has 7 nitrogen and oxygen atoms in total. The van der Waals surface area contributed by atoms with Crippen LogP contribution < -0.4 is 15.0 Å². The second-order valence-corrected chi connectivity index (χ2v) is 6.60. The minimum absolute atomic E-state index is 0. The van der Waals surface area contributed by atoms with E-state index in [-0.39, 0.29) is 31.4 Å². The lowest BCUT2D eigenvalue weighted by atomic mass is 10.2. The molecule has 2 aliphatic heterocycles. The third kappa shape index (κ3) is 7.71. The lowest BCUT2D eigenvalue weighted by Crippen LogP contribution is -2.50. The predicted octanol–water partition coefficient (Wildman–Crippen LogP) is 1.02. The van der Waals surface area contributed by atoms with E-state index in [0.717, 1.165) is 65.4 Å². The molecular weight excluding hydrogens is 391 g/mol. The van der Waals surface area contributed by atoms with E-state index in [0.29, 0.717) is 5.75 Å². The molecule has 0 radical (unpaired) electrons. The van der Waals surface area contributed by atoms with E-state index >= 15 is 0 Å². The van der Waals surface area contributed by atoms with Crippen molar-refractivity contribution in [3.63, 3.8) is 0 Å². The summed E-state index contributed by atoms with van der Waals surface area (Å²) in [6, 6.07) is 7.70. The van der Waals surface area contributed by atoms with Crippen LogP contribution in [-0.2, 0) is 4.79 Å². The van der Waals surface area contributed by atoms with Crippen molar-refractivity contribution in [1.29, 1.82) is 0 Å². The van der Waals surface area contributed by atoms with Crippen molar-refractivity contribution in [1.82, 2.24) is 15.1 Å². The quantitative estimate of drug-likeness (QED) is 0.682. The van der Waals surface area contributed by atoms with Crippen LogP contribution in [0.1, 0.15) is 0 Å². The first-order chi connectivity index (χ1) is 12.2. The summed E-state index contributed by atoms with van der Waals surface area (Å²) in [5, 5.41) is 12.0. The van der Waals surface area contributed by atoms with Gasteiger partial charge in [-0.1, -0.05) is 0 Å². The van der Waals surface area contributed by atoms with E-state index in [2.05, 4.69) is 20.0 Å². The molecule has 154 valence electrons. The Kier molecular flexibility index (Phi) is 10.8. The molecule has 2 aliphatic rings.